The highest BCUT2D eigenvalue weighted by molar-refractivity contribution is 5.85. The van der Waals surface area contributed by atoms with Gasteiger partial charge in [0.2, 0.25) is 0 Å². The summed E-state index contributed by atoms with van der Waals surface area (Å²) in [6.07, 6.45) is 6.06. The van der Waals surface area contributed by atoms with E-state index in [0.29, 0.717) is 17.1 Å². The average molecular weight is 238 g/mol. The van der Waals surface area contributed by atoms with Crippen LogP contribution in [-0.2, 0) is 4.79 Å². The number of hydrogen-bond acceptors (Lipinski definition) is 1. The number of hydrogen-bond donors (Lipinski definition) is 0. The Balaban J connectivity index is 2.44. The summed E-state index contributed by atoms with van der Waals surface area (Å²) in [5, 5.41) is 0. The van der Waals surface area contributed by atoms with Crippen molar-refractivity contribution in [2.75, 3.05) is 0 Å². The Labute approximate surface area is 107 Å². The van der Waals surface area contributed by atoms with E-state index in [-0.39, 0.29) is 5.41 Å². The van der Waals surface area contributed by atoms with Crippen molar-refractivity contribution in [3.05, 3.63) is 0 Å². The summed E-state index contributed by atoms with van der Waals surface area (Å²) < 4.78 is 0. The Kier molecular flexibility index (Phi) is 4.43. The van der Waals surface area contributed by atoms with Crippen LogP contribution < -0.4 is 0 Å². The quantitative estimate of drug-likeness (QED) is 0.672. The van der Waals surface area contributed by atoms with Crippen LogP contribution in [0.3, 0.4) is 0 Å². The monoisotopic (exact) mass is 238 g/mol. The normalized spacial score (nSPS) is 26.9. The molecule has 1 fully saturated rings. The van der Waals surface area contributed by atoms with Gasteiger partial charge in [-0.3, -0.25) is 4.79 Å². The van der Waals surface area contributed by atoms with Crippen LogP contribution in [-0.4, -0.2) is 5.78 Å². The number of carbonyl (C=O) groups is 1. The molecule has 0 aromatic rings. The van der Waals surface area contributed by atoms with E-state index in [2.05, 4.69) is 41.5 Å². The number of ketones is 1. The van der Waals surface area contributed by atoms with Gasteiger partial charge in [-0.25, -0.2) is 0 Å². The molecule has 1 rings (SSSR count). The van der Waals surface area contributed by atoms with Crippen molar-refractivity contribution < 1.29 is 4.79 Å². The maximum atomic E-state index is 12.2. The molecule has 1 nitrogen and oxygen atoms in total. The van der Waals surface area contributed by atoms with Crippen molar-refractivity contribution in [2.45, 2.75) is 73.6 Å². The summed E-state index contributed by atoms with van der Waals surface area (Å²) in [6.45, 7) is 13.1. The van der Waals surface area contributed by atoms with Gasteiger partial charge in [-0.1, -0.05) is 41.5 Å². The lowest BCUT2D eigenvalue weighted by molar-refractivity contribution is -0.131. The second kappa shape index (κ2) is 5.12. The van der Waals surface area contributed by atoms with E-state index in [1.165, 1.54) is 19.3 Å². The Hall–Kier alpha value is -0.330. The summed E-state index contributed by atoms with van der Waals surface area (Å²) in [5.41, 5.74) is 0.285. The molecule has 17 heavy (non-hydrogen) atoms. The minimum absolute atomic E-state index is 0.151. The molecule has 0 unspecified atom stereocenters. The molecule has 1 aliphatic rings. The molecule has 0 aromatic carbocycles. The molecule has 100 valence electrons. The Morgan fingerprint density at radius 1 is 0.941 bits per heavy atom. The van der Waals surface area contributed by atoms with Crippen molar-refractivity contribution in [3.63, 3.8) is 0 Å². The Morgan fingerprint density at radius 2 is 1.41 bits per heavy atom. The van der Waals surface area contributed by atoms with Gasteiger partial charge in [0.25, 0.3) is 0 Å². The first-order valence-corrected chi connectivity index (χ1v) is 7.14. The first kappa shape index (κ1) is 14.7. The van der Waals surface area contributed by atoms with Gasteiger partial charge in [-0.15, -0.1) is 0 Å². The van der Waals surface area contributed by atoms with Crippen LogP contribution >= 0.6 is 0 Å². The maximum Gasteiger partial charge on any atom is 0.141 e. The van der Waals surface area contributed by atoms with Crippen LogP contribution in [0.2, 0.25) is 0 Å². The fourth-order valence-electron chi connectivity index (χ4n) is 3.11. The molecular weight excluding hydrogens is 208 g/mol. The summed E-state index contributed by atoms with van der Waals surface area (Å²) in [7, 11) is 0. The molecule has 1 aliphatic carbocycles. The van der Waals surface area contributed by atoms with Crippen molar-refractivity contribution in [1.82, 2.24) is 0 Å². The molecule has 1 saturated carbocycles. The van der Waals surface area contributed by atoms with Gasteiger partial charge < -0.3 is 0 Å². The van der Waals surface area contributed by atoms with Crippen LogP contribution in [0.4, 0.5) is 0 Å². The third-order valence-corrected chi connectivity index (χ3v) is 3.86. The smallest absolute Gasteiger partial charge is 0.141 e. The van der Waals surface area contributed by atoms with Gasteiger partial charge in [0.15, 0.2) is 0 Å². The number of carbonyl (C=O) groups excluding carboxylic acids is 1. The zero-order valence-corrected chi connectivity index (χ0v) is 12.6. The van der Waals surface area contributed by atoms with Crippen molar-refractivity contribution in [3.8, 4) is 0 Å². The topological polar surface area (TPSA) is 17.1 Å². The molecular formula is C16H30O. The molecule has 0 bridgehead atoms. The standard InChI is InChI=1S/C16H30O/c1-15(2,3)11-12-7-9-13(10-8-12)14(17)16(4,5)6/h12-13H,7-11H2,1-6H3. The van der Waals surface area contributed by atoms with Gasteiger partial charge in [-0.05, 0) is 43.4 Å². The third kappa shape index (κ3) is 4.81. The van der Waals surface area contributed by atoms with E-state index in [1.54, 1.807) is 0 Å². The summed E-state index contributed by atoms with van der Waals surface area (Å²) in [5.74, 6) is 1.66. The summed E-state index contributed by atoms with van der Waals surface area (Å²) in [4.78, 5) is 12.2. The molecule has 0 aromatic heterocycles. The molecule has 0 saturated heterocycles. The van der Waals surface area contributed by atoms with Gasteiger partial charge in [0.05, 0.1) is 0 Å². The highest BCUT2D eigenvalue weighted by Gasteiger charge is 2.33. The highest BCUT2D eigenvalue weighted by Crippen LogP contribution is 2.38. The second-order valence-electron chi connectivity index (χ2n) is 8.10. The van der Waals surface area contributed by atoms with Crippen LogP contribution in [0.1, 0.15) is 73.6 Å². The molecule has 0 aliphatic heterocycles. The zero-order chi connectivity index (χ0) is 13.3. The van der Waals surface area contributed by atoms with E-state index >= 15 is 0 Å². The molecule has 0 radical (unpaired) electrons. The van der Waals surface area contributed by atoms with E-state index in [4.69, 9.17) is 0 Å². The molecule has 0 N–H and O–H groups in total. The predicted molar refractivity (Wildman–Crippen MR) is 74.0 cm³/mol. The molecule has 0 spiro atoms. The Morgan fingerprint density at radius 3 is 1.76 bits per heavy atom. The van der Waals surface area contributed by atoms with E-state index in [1.807, 2.05) is 0 Å². The summed E-state index contributed by atoms with van der Waals surface area (Å²) >= 11 is 0. The lowest BCUT2D eigenvalue weighted by atomic mass is 9.70. The number of rotatable bonds is 2. The minimum Gasteiger partial charge on any atom is -0.299 e. The lowest BCUT2D eigenvalue weighted by Gasteiger charge is -2.34. The first-order valence-electron chi connectivity index (χ1n) is 7.14. The average Bonchev–Trinajstić information content (AvgIpc) is 2.14. The predicted octanol–water partition coefficient (Wildman–Crippen LogP) is 4.84. The maximum absolute atomic E-state index is 12.2. The van der Waals surface area contributed by atoms with Gasteiger partial charge >= 0.3 is 0 Å². The molecule has 0 heterocycles. The van der Waals surface area contributed by atoms with Crippen molar-refractivity contribution >= 4 is 5.78 Å². The van der Waals surface area contributed by atoms with Gasteiger partial charge in [0.1, 0.15) is 5.78 Å². The fourth-order valence-corrected chi connectivity index (χ4v) is 3.11. The Bertz CT molecular complexity index is 256. The van der Waals surface area contributed by atoms with Crippen LogP contribution in [0.15, 0.2) is 0 Å². The molecule has 1 heteroatoms. The second-order valence-corrected chi connectivity index (χ2v) is 8.10. The highest BCUT2D eigenvalue weighted by atomic mass is 16.1. The van der Waals surface area contributed by atoms with Gasteiger partial charge in [0, 0.05) is 11.3 Å². The third-order valence-electron chi connectivity index (χ3n) is 3.86. The van der Waals surface area contributed by atoms with E-state index < -0.39 is 0 Å². The van der Waals surface area contributed by atoms with Crippen molar-refractivity contribution in [2.24, 2.45) is 22.7 Å². The van der Waals surface area contributed by atoms with Crippen LogP contribution in [0.25, 0.3) is 0 Å². The minimum atomic E-state index is -0.151. The van der Waals surface area contributed by atoms with Crippen LogP contribution in [0, 0.1) is 22.7 Å². The van der Waals surface area contributed by atoms with E-state index in [0.717, 1.165) is 18.8 Å². The fraction of sp³-hybridized carbons (Fsp3) is 0.938. The van der Waals surface area contributed by atoms with Gasteiger partial charge in [-0.2, -0.15) is 0 Å². The lowest BCUT2D eigenvalue weighted by Crippen LogP contribution is -2.31. The first-order chi connectivity index (χ1) is 7.59. The molecule has 0 amide bonds. The van der Waals surface area contributed by atoms with Crippen molar-refractivity contribution in [1.29, 1.82) is 0 Å². The largest absolute Gasteiger partial charge is 0.299 e. The molecule has 0 atom stereocenters. The SMILES string of the molecule is CC(C)(C)CC1CCC(C(=O)C(C)(C)C)CC1. The number of Topliss-reactive ketones (excluding diaryl/α,β-unsaturated/α-hetero) is 1. The van der Waals surface area contributed by atoms with E-state index in [9.17, 15) is 4.79 Å². The summed E-state index contributed by atoms with van der Waals surface area (Å²) in [6, 6.07) is 0. The van der Waals surface area contributed by atoms with Crippen LogP contribution in [0.5, 0.6) is 0 Å². The zero-order valence-electron chi connectivity index (χ0n) is 12.6.